The van der Waals surface area contributed by atoms with Crippen LogP contribution in [0.2, 0.25) is 10.0 Å². The first-order valence-electron chi connectivity index (χ1n) is 9.34. The smallest absolute Gasteiger partial charge is 0.325 e. The number of nitrogens with one attached hydrogen (secondary N) is 2. The zero-order valence-electron chi connectivity index (χ0n) is 16.3. The van der Waals surface area contributed by atoms with Crippen LogP contribution in [0.3, 0.4) is 0 Å². The van der Waals surface area contributed by atoms with Gasteiger partial charge in [-0.2, -0.15) is 0 Å². The van der Waals surface area contributed by atoms with Crippen LogP contribution in [0.1, 0.15) is 29.5 Å². The predicted octanol–water partition coefficient (Wildman–Crippen LogP) is 4.26. The van der Waals surface area contributed by atoms with Crippen molar-refractivity contribution in [3.05, 3.63) is 63.1 Å². The summed E-state index contributed by atoms with van der Waals surface area (Å²) in [4.78, 5) is 25.5. The van der Waals surface area contributed by atoms with Crippen LogP contribution in [0.25, 0.3) is 0 Å². The van der Waals surface area contributed by atoms with Gasteiger partial charge in [0.05, 0.1) is 6.61 Å². The SMILES string of the molecule is CCOC(=O)CNC(=O)Nc1ccc([C@H]2CN(C)Cc3c(Cl)cc(Cl)cc32)cc1. The van der Waals surface area contributed by atoms with E-state index in [1.807, 2.05) is 30.3 Å². The van der Waals surface area contributed by atoms with Crippen molar-refractivity contribution in [2.24, 2.45) is 0 Å². The number of nitrogens with zero attached hydrogens (tertiary/aromatic N) is 1. The van der Waals surface area contributed by atoms with Crippen molar-refractivity contribution in [3.8, 4) is 0 Å². The van der Waals surface area contributed by atoms with E-state index in [2.05, 4.69) is 22.6 Å². The normalized spacial score (nSPS) is 16.1. The van der Waals surface area contributed by atoms with Crippen molar-refractivity contribution in [1.29, 1.82) is 0 Å². The van der Waals surface area contributed by atoms with E-state index in [0.29, 0.717) is 15.7 Å². The largest absolute Gasteiger partial charge is 0.465 e. The summed E-state index contributed by atoms with van der Waals surface area (Å²) in [6, 6.07) is 10.9. The predicted molar refractivity (Wildman–Crippen MR) is 115 cm³/mol. The molecule has 0 spiro atoms. The molecule has 0 saturated carbocycles. The molecule has 0 bridgehead atoms. The molecule has 2 aromatic rings. The summed E-state index contributed by atoms with van der Waals surface area (Å²) in [7, 11) is 2.06. The third kappa shape index (κ3) is 5.41. The maximum Gasteiger partial charge on any atom is 0.325 e. The summed E-state index contributed by atoms with van der Waals surface area (Å²) < 4.78 is 4.78. The Morgan fingerprint density at radius 3 is 2.62 bits per heavy atom. The average Bonchev–Trinajstić information content (AvgIpc) is 2.67. The highest BCUT2D eigenvalue weighted by atomic mass is 35.5. The third-order valence-corrected chi connectivity index (χ3v) is 5.32. The monoisotopic (exact) mass is 435 g/mol. The molecule has 0 aliphatic carbocycles. The number of halogens is 2. The fourth-order valence-electron chi connectivity index (χ4n) is 3.47. The second kappa shape index (κ2) is 9.48. The van der Waals surface area contributed by atoms with Crippen molar-refractivity contribution in [2.45, 2.75) is 19.4 Å². The number of fused-ring (bicyclic) bond motifs is 1. The van der Waals surface area contributed by atoms with Gasteiger partial charge in [0.1, 0.15) is 6.54 Å². The summed E-state index contributed by atoms with van der Waals surface area (Å²) in [5.74, 6) is -0.345. The van der Waals surface area contributed by atoms with Gasteiger partial charge >= 0.3 is 12.0 Å². The molecule has 0 fully saturated rings. The minimum Gasteiger partial charge on any atom is -0.465 e. The average molecular weight is 436 g/mol. The van der Waals surface area contributed by atoms with E-state index >= 15 is 0 Å². The van der Waals surface area contributed by atoms with Gasteiger partial charge < -0.3 is 20.3 Å². The van der Waals surface area contributed by atoms with E-state index in [4.69, 9.17) is 27.9 Å². The number of amides is 2. The van der Waals surface area contributed by atoms with Gasteiger partial charge in [0.25, 0.3) is 0 Å². The molecule has 8 heteroatoms. The third-order valence-electron chi connectivity index (χ3n) is 4.76. The Bertz CT molecular complexity index is 903. The number of hydrogen-bond donors (Lipinski definition) is 2. The zero-order chi connectivity index (χ0) is 21.0. The molecule has 2 N–H and O–H groups in total. The highest BCUT2D eigenvalue weighted by Crippen LogP contribution is 2.38. The molecule has 0 aromatic heterocycles. The summed E-state index contributed by atoms with van der Waals surface area (Å²) >= 11 is 12.7. The number of benzene rings is 2. The molecular weight excluding hydrogens is 413 g/mol. The first-order chi connectivity index (χ1) is 13.9. The lowest BCUT2D eigenvalue weighted by Crippen LogP contribution is -2.34. The Morgan fingerprint density at radius 2 is 1.93 bits per heavy atom. The molecule has 0 unspecified atom stereocenters. The fourth-order valence-corrected chi connectivity index (χ4v) is 4.04. The first kappa shape index (κ1) is 21.4. The minimum absolute atomic E-state index is 0.131. The molecule has 2 aromatic carbocycles. The first-order valence-corrected chi connectivity index (χ1v) is 10.1. The van der Waals surface area contributed by atoms with Crippen LogP contribution in [0, 0.1) is 0 Å². The van der Waals surface area contributed by atoms with Crippen molar-refractivity contribution in [1.82, 2.24) is 10.2 Å². The lowest BCUT2D eigenvalue weighted by Gasteiger charge is -2.33. The van der Waals surface area contributed by atoms with E-state index in [0.717, 1.165) is 29.8 Å². The molecule has 1 heterocycles. The van der Waals surface area contributed by atoms with Gasteiger partial charge in [0, 0.05) is 34.7 Å². The number of urea groups is 1. The van der Waals surface area contributed by atoms with Gasteiger partial charge in [-0.3, -0.25) is 4.79 Å². The summed E-state index contributed by atoms with van der Waals surface area (Å²) in [5.41, 5.74) is 3.96. The summed E-state index contributed by atoms with van der Waals surface area (Å²) in [6.45, 7) is 3.44. The van der Waals surface area contributed by atoms with Crippen LogP contribution in [-0.2, 0) is 16.1 Å². The molecule has 2 amide bonds. The van der Waals surface area contributed by atoms with Gasteiger partial charge in [-0.25, -0.2) is 4.79 Å². The van der Waals surface area contributed by atoms with Gasteiger partial charge in [0.2, 0.25) is 0 Å². The quantitative estimate of drug-likeness (QED) is 0.688. The molecule has 29 heavy (non-hydrogen) atoms. The van der Waals surface area contributed by atoms with Crippen molar-refractivity contribution in [2.75, 3.05) is 32.1 Å². The standard InChI is InChI=1S/C21H23Cl2N3O3/c1-3-29-20(27)10-24-21(28)25-15-6-4-13(5-7-15)17-11-26(2)12-18-16(17)8-14(22)9-19(18)23/h4-9,17H,3,10-12H2,1-2H3,(H2,24,25,28)/t17-/m1/s1. The number of anilines is 1. The highest BCUT2D eigenvalue weighted by molar-refractivity contribution is 6.35. The second-order valence-electron chi connectivity index (χ2n) is 6.94. The van der Waals surface area contributed by atoms with Gasteiger partial charge in [-0.15, -0.1) is 0 Å². The van der Waals surface area contributed by atoms with E-state index in [1.165, 1.54) is 0 Å². The lowest BCUT2D eigenvalue weighted by atomic mass is 9.85. The Morgan fingerprint density at radius 1 is 1.21 bits per heavy atom. The number of likely N-dealkylation sites (N-methyl/N-ethyl adjacent to an activating group) is 1. The van der Waals surface area contributed by atoms with E-state index in [-0.39, 0.29) is 19.1 Å². The number of carbonyl (C=O) groups is 2. The summed E-state index contributed by atoms with van der Waals surface area (Å²) in [6.07, 6.45) is 0. The zero-order valence-corrected chi connectivity index (χ0v) is 17.8. The lowest BCUT2D eigenvalue weighted by molar-refractivity contribution is -0.141. The van der Waals surface area contributed by atoms with Gasteiger partial charge in [-0.1, -0.05) is 35.3 Å². The molecular formula is C21H23Cl2N3O3. The summed E-state index contributed by atoms with van der Waals surface area (Å²) in [5, 5.41) is 6.48. The fraction of sp³-hybridized carbons (Fsp3) is 0.333. The second-order valence-corrected chi connectivity index (χ2v) is 7.78. The Hall–Kier alpha value is -2.28. The Kier molecular flexibility index (Phi) is 7.00. The minimum atomic E-state index is -0.476. The number of esters is 1. The van der Waals surface area contributed by atoms with E-state index < -0.39 is 12.0 Å². The molecule has 1 aliphatic rings. The van der Waals surface area contributed by atoms with Gasteiger partial charge in [0.15, 0.2) is 0 Å². The van der Waals surface area contributed by atoms with Gasteiger partial charge in [-0.05, 0) is 54.9 Å². The van der Waals surface area contributed by atoms with Crippen LogP contribution in [-0.4, -0.2) is 43.6 Å². The number of carbonyl (C=O) groups excluding carboxylic acids is 2. The molecule has 1 atom stereocenters. The Labute approximate surface area is 180 Å². The number of hydrogen-bond acceptors (Lipinski definition) is 4. The maximum absolute atomic E-state index is 11.9. The molecule has 3 rings (SSSR count). The van der Waals surface area contributed by atoms with Crippen LogP contribution in [0.15, 0.2) is 36.4 Å². The van der Waals surface area contributed by atoms with E-state index in [9.17, 15) is 9.59 Å². The number of ether oxygens (including phenoxy) is 1. The van der Waals surface area contributed by atoms with Crippen LogP contribution in [0.4, 0.5) is 10.5 Å². The van der Waals surface area contributed by atoms with Crippen LogP contribution in [0.5, 0.6) is 0 Å². The van der Waals surface area contributed by atoms with Crippen molar-refractivity contribution < 1.29 is 14.3 Å². The molecule has 0 radical (unpaired) electrons. The molecule has 154 valence electrons. The van der Waals surface area contributed by atoms with Crippen LogP contribution >= 0.6 is 23.2 Å². The van der Waals surface area contributed by atoms with E-state index in [1.54, 1.807) is 13.0 Å². The highest BCUT2D eigenvalue weighted by Gasteiger charge is 2.27. The molecule has 0 saturated heterocycles. The van der Waals surface area contributed by atoms with Crippen molar-refractivity contribution in [3.63, 3.8) is 0 Å². The Balaban J connectivity index is 1.71. The van der Waals surface area contributed by atoms with Crippen molar-refractivity contribution >= 4 is 40.9 Å². The maximum atomic E-state index is 11.9. The topological polar surface area (TPSA) is 70.7 Å². The molecule has 6 nitrogen and oxygen atoms in total. The number of rotatable bonds is 5. The molecule has 1 aliphatic heterocycles. The van der Waals surface area contributed by atoms with Crippen LogP contribution < -0.4 is 10.6 Å².